The minimum absolute atomic E-state index is 0.0447. The first-order valence-electron chi connectivity index (χ1n) is 6.58. The zero-order valence-corrected chi connectivity index (χ0v) is 13.8. The second kappa shape index (κ2) is 6.95. The lowest BCUT2D eigenvalue weighted by Crippen LogP contribution is -2.28. The van der Waals surface area contributed by atoms with E-state index in [4.69, 9.17) is 21.7 Å². The third-order valence-electron chi connectivity index (χ3n) is 3.04. The fourth-order valence-electron chi connectivity index (χ4n) is 2.08. The maximum atomic E-state index is 12.3. The Balaban J connectivity index is 2.37. The van der Waals surface area contributed by atoms with E-state index in [0.717, 1.165) is 12.0 Å². The molecule has 1 amide bonds. The molecule has 0 aromatic heterocycles. The molecule has 1 aliphatic rings. The van der Waals surface area contributed by atoms with Crippen molar-refractivity contribution < 1.29 is 14.3 Å². The molecule has 0 atom stereocenters. The number of carbonyl (C=O) groups excluding carboxylic acids is 1. The number of hydrogen-bond donors (Lipinski definition) is 0. The van der Waals surface area contributed by atoms with Gasteiger partial charge < -0.3 is 9.47 Å². The summed E-state index contributed by atoms with van der Waals surface area (Å²) < 4.78 is 11.3. The number of thiocarbonyl (C=S) groups is 1. The number of para-hydroxylation sites is 1. The molecule has 6 heteroatoms. The highest BCUT2D eigenvalue weighted by Crippen LogP contribution is 2.37. The molecule has 1 aromatic rings. The molecule has 0 unspecified atom stereocenters. The summed E-state index contributed by atoms with van der Waals surface area (Å²) in [6.45, 7) is 2.67. The molecule has 21 heavy (non-hydrogen) atoms. The van der Waals surface area contributed by atoms with Gasteiger partial charge in [-0.3, -0.25) is 9.69 Å². The van der Waals surface area contributed by atoms with Crippen LogP contribution in [-0.4, -0.2) is 35.9 Å². The first kappa shape index (κ1) is 15.9. The number of nitrogens with zero attached hydrogens (tertiary/aromatic N) is 1. The minimum atomic E-state index is -0.0447. The molecule has 1 aliphatic heterocycles. The number of amides is 1. The molecule has 0 spiro atoms. The number of hydrogen-bond acceptors (Lipinski definition) is 5. The number of benzene rings is 1. The van der Waals surface area contributed by atoms with Crippen LogP contribution in [0.5, 0.6) is 11.5 Å². The maximum absolute atomic E-state index is 12.3. The molecule has 0 bridgehead atoms. The quantitative estimate of drug-likeness (QED) is 0.614. The van der Waals surface area contributed by atoms with Crippen LogP contribution in [0.15, 0.2) is 23.1 Å². The fourth-order valence-corrected chi connectivity index (χ4v) is 3.38. The third-order valence-corrected chi connectivity index (χ3v) is 4.42. The Morgan fingerprint density at radius 3 is 2.71 bits per heavy atom. The highest BCUT2D eigenvalue weighted by atomic mass is 32.2. The van der Waals surface area contributed by atoms with Crippen LogP contribution >= 0.6 is 24.0 Å². The predicted molar refractivity (Wildman–Crippen MR) is 89.7 cm³/mol. The zero-order chi connectivity index (χ0) is 15.4. The van der Waals surface area contributed by atoms with Gasteiger partial charge >= 0.3 is 0 Å². The molecule has 1 fully saturated rings. The number of methoxy groups -OCH3 is 2. The van der Waals surface area contributed by atoms with Crippen molar-refractivity contribution in [2.75, 3.05) is 20.8 Å². The Labute approximate surface area is 134 Å². The first-order chi connectivity index (χ1) is 10.1. The average Bonchev–Trinajstić information content (AvgIpc) is 2.75. The molecule has 4 nitrogen and oxygen atoms in total. The summed E-state index contributed by atoms with van der Waals surface area (Å²) in [4.78, 5) is 14.6. The summed E-state index contributed by atoms with van der Waals surface area (Å²) in [5.41, 5.74) is 0.800. The van der Waals surface area contributed by atoms with Gasteiger partial charge in [-0.05, 0) is 18.6 Å². The van der Waals surface area contributed by atoms with Crippen molar-refractivity contribution in [3.05, 3.63) is 28.7 Å². The molecule has 112 valence electrons. The fraction of sp³-hybridized carbons (Fsp3) is 0.333. The monoisotopic (exact) mass is 323 g/mol. The molecule has 1 saturated heterocycles. The van der Waals surface area contributed by atoms with E-state index >= 15 is 0 Å². The van der Waals surface area contributed by atoms with Crippen LogP contribution in [0.25, 0.3) is 6.08 Å². The molecule has 0 radical (unpaired) electrons. The van der Waals surface area contributed by atoms with Crippen molar-refractivity contribution in [1.82, 2.24) is 4.90 Å². The third kappa shape index (κ3) is 3.22. The standard InChI is InChI=1S/C15H17NO3S2/c1-4-8-16-14(17)12(21-15(16)20)9-10-6-5-7-11(18-2)13(10)19-3/h5-7,9H,4,8H2,1-3H3/b12-9-. The summed E-state index contributed by atoms with van der Waals surface area (Å²) in [5, 5.41) is 0. The lowest BCUT2D eigenvalue weighted by atomic mass is 10.1. The van der Waals surface area contributed by atoms with Gasteiger partial charge in [-0.15, -0.1) is 0 Å². The van der Waals surface area contributed by atoms with E-state index in [0.29, 0.717) is 27.3 Å². The van der Waals surface area contributed by atoms with Crippen LogP contribution in [0.3, 0.4) is 0 Å². The second-order valence-corrected chi connectivity index (χ2v) is 6.09. The topological polar surface area (TPSA) is 38.8 Å². The van der Waals surface area contributed by atoms with Crippen LogP contribution in [0.2, 0.25) is 0 Å². The molecule has 0 aliphatic carbocycles. The van der Waals surface area contributed by atoms with Crippen LogP contribution in [0.4, 0.5) is 0 Å². The smallest absolute Gasteiger partial charge is 0.266 e. The summed E-state index contributed by atoms with van der Waals surface area (Å²) in [6, 6.07) is 5.56. The summed E-state index contributed by atoms with van der Waals surface area (Å²) >= 11 is 6.58. The van der Waals surface area contributed by atoms with Gasteiger partial charge in [0.15, 0.2) is 11.5 Å². The molecule has 2 rings (SSSR count). The van der Waals surface area contributed by atoms with Gasteiger partial charge in [-0.2, -0.15) is 0 Å². The largest absolute Gasteiger partial charge is 0.493 e. The summed E-state index contributed by atoms with van der Waals surface area (Å²) in [5.74, 6) is 1.20. The van der Waals surface area contributed by atoms with Gasteiger partial charge in [-0.25, -0.2) is 0 Å². The normalized spacial score (nSPS) is 16.7. The Bertz CT molecular complexity index is 599. The Hall–Kier alpha value is -1.53. The van der Waals surface area contributed by atoms with E-state index in [1.54, 1.807) is 25.2 Å². The molecule has 1 heterocycles. The maximum Gasteiger partial charge on any atom is 0.266 e. The van der Waals surface area contributed by atoms with E-state index in [1.165, 1.54) is 11.8 Å². The van der Waals surface area contributed by atoms with Gasteiger partial charge in [0.1, 0.15) is 4.32 Å². The van der Waals surface area contributed by atoms with Crippen LogP contribution < -0.4 is 9.47 Å². The SMILES string of the molecule is CCCN1C(=O)/C(=C/c2cccc(OC)c2OC)SC1=S. The molecule has 1 aromatic carbocycles. The lowest BCUT2D eigenvalue weighted by Gasteiger charge is -2.12. The number of ether oxygens (including phenoxy) is 2. The molecule has 0 N–H and O–H groups in total. The van der Waals surface area contributed by atoms with Crippen LogP contribution in [0.1, 0.15) is 18.9 Å². The van der Waals surface area contributed by atoms with Gasteiger partial charge in [0.2, 0.25) is 0 Å². The predicted octanol–water partition coefficient (Wildman–Crippen LogP) is 3.32. The number of thioether (sulfide) groups is 1. The second-order valence-electron chi connectivity index (χ2n) is 4.42. The van der Waals surface area contributed by atoms with Crippen molar-refractivity contribution in [1.29, 1.82) is 0 Å². The van der Waals surface area contributed by atoms with Crippen molar-refractivity contribution in [3.8, 4) is 11.5 Å². The highest BCUT2D eigenvalue weighted by Gasteiger charge is 2.31. The first-order valence-corrected chi connectivity index (χ1v) is 7.81. The molecular weight excluding hydrogens is 306 g/mol. The van der Waals surface area contributed by atoms with Gasteiger partial charge in [0, 0.05) is 12.1 Å². The van der Waals surface area contributed by atoms with Crippen LogP contribution in [0, 0.1) is 0 Å². The van der Waals surface area contributed by atoms with Gasteiger partial charge in [0.25, 0.3) is 5.91 Å². The highest BCUT2D eigenvalue weighted by molar-refractivity contribution is 8.26. The minimum Gasteiger partial charge on any atom is -0.493 e. The van der Waals surface area contributed by atoms with E-state index in [-0.39, 0.29) is 5.91 Å². The van der Waals surface area contributed by atoms with E-state index in [9.17, 15) is 4.79 Å². The van der Waals surface area contributed by atoms with E-state index in [2.05, 4.69) is 0 Å². The summed E-state index contributed by atoms with van der Waals surface area (Å²) in [6.07, 6.45) is 2.68. The van der Waals surface area contributed by atoms with E-state index in [1.807, 2.05) is 25.1 Å². The van der Waals surface area contributed by atoms with Crippen molar-refractivity contribution >= 4 is 40.3 Å². The molecule has 0 saturated carbocycles. The summed E-state index contributed by atoms with van der Waals surface area (Å²) in [7, 11) is 3.17. The Morgan fingerprint density at radius 2 is 2.10 bits per heavy atom. The molecular formula is C15H17NO3S2. The Kier molecular flexibility index (Phi) is 5.25. The van der Waals surface area contributed by atoms with E-state index < -0.39 is 0 Å². The van der Waals surface area contributed by atoms with Crippen molar-refractivity contribution in [2.24, 2.45) is 0 Å². The zero-order valence-electron chi connectivity index (χ0n) is 12.2. The number of rotatable bonds is 5. The van der Waals surface area contributed by atoms with Crippen molar-refractivity contribution in [3.63, 3.8) is 0 Å². The van der Waals surface area contributed by atoms with Crippen LogP contribution in [-0.2, 0) is 4.79 Å². The van der Waals surface area contributed by atoms with Gasteiger partial charge in [-0.1, -0.05) is 43.0 Å². The average molecular weight is 323 g/mol. The van der Waals surface area contributed by atoms with Gasteiger partial charge in [0.05, 0.1) is 19.1 Å². The Morgan fingerprint density at radius 1 is 1.33 bits per heavy atom. The van der Waals surface area contributed by atoms with Crippen molar-refractivity contribution in [2.45, 2.75) is 13.3 Å². The number of carbonyl (C=O) groups is 1. The lowest BCUT2D eigenvalue weighted by molar-refractivity contribution is -0.122.